The third kappa shape index (κ3) is 4.25. The van der Waals surface area contributed by atoms with Crippen LogP contribution < -0.4 is 15.7 Å². The van der Waals surface area contributed by atoms with Crippen LogP contribution in [0, 0.1) is 6.92 Å². The summed E-state index contributed by atoms with van der Waals surface area (Å²) in [6, 6.07) is 53.4. The van der Waals surface area contributed by atoms with E-state index in [1.165, 1.54) is 114 Å². The average molecular weight is 801 g/mol. The summed E-state index contributed by atoms with van der Waals surface area (Å²) in [7, 11) is 0. The molecule has 0 saturated heterocycles. The van der Waals surface area contributed by atoms with Gasteiger partial charge in [0.25, 0.3) is 0 Å². The predicted molar refractivity (Wildman–Crippen MR) is 261 cm³/mol. The van der Waals surface area contributed by atoms with Crippen molar-refractivity contribution >= 4 is 104 Å². The van der Waals surface area contributed by atoms with Crippen molar-refractivity contribution in [1.29, 1.82) is 0 Å². The molecule has 0 amide bonds. The molecule has 0 N–H and O–H groups in total. The van der Waals surface area contributed by atoms with Crippen LogP contribution in [0.25, 0.3) is 91.9 Å². The lowest BCUT2D eigenvalue weighted by molar-refractivity contribution is 0.590. The molecule has 3 aliphatic rings. The molecular formula is C56H41BN2OS. The molecule has 0 spiro atoms. The quantitative estimate of drug-likeness (QED) is 0.154. The van der Waals surface area contributed by atoms with Crippen LogP contribution in [-0.2, 0) is 10.8 Å². The van der Waals surface area contributed by atoms with E-state index in [0.717, 1.165) is 21.9 Å². The molecule has 0 unspecified atom stereocenters. The monoisotopic (exact) mass is 800 g/mol. The van der Waals surface area contributed by atoms with Crippen LogP contribution in [0.4, 0.5) is 11.4 Å². The van der Waals surface area contributed by atoms with Gasteiger partial charge in [-0.15, -0.1) is 11.3 Å². The maximum Gasteiger partial charge on any atom is 0.333 e. The van der Waals surface area contributed by atoms with Crippen molar-refractivity contribution in [3.05, 3.63) is 162 Å². The van der Waals surface area contributed by atoms with Crippen molar-refractivity contribution in [3.8, 4) is 27.9 Å². The summed E-state index contributed by atoms with van der Waals surface area (Å²) in [5, 5.41) is 7.57. The third-order valence-electron chi connectivity index (χ3n) is 14.6. The average Bonchev–Trinajstić information content (AvgIpc) is 3.98. The first-order valence-corrected chi connectivity index (χ1v) is 22.4. The summed E-state index contributed by atoms with van der Waals surface area (Å²) < 4.78 is 11.9. The lowest BCUT2D eigenvalue weighted by Crippen LogP contribution is -2.60. The summed E-state index contributed by atoms with van der Waals surface area (Å²) in [6.45, 7) is 14.0. The molecule has 290 valence electrons. The molecule has 61 heavy (non-hydrogen) atoms. The Kier molecular flexibility index (Phi) is 6.29. The zero-order chi connectivity index (χ0) is 40.8. The molecule has 8 aromatic carbocycles. The first-order chi connectivity index (χ1) is 29.5. The van der Waals surface area contributed by atoms with Crippen LogP contribution in [-0.4, -0.2) is 11.4 Å². The lowest BCUT2D eigenvalue weighted by Gasteiger charge is -2.43. The highest BCUT2D eigenvalue weighted by molar-refractivity contribution is 7.26. The molecule has 3 nitrogen and oxygen atoms in total. The number of nitrogens with zero attached hydrogens (tertiary/aromatic N) is 2. The third-order valence-corrected chi connectivity index (χ3v) is 15.8. The first kappa shape index (κ1) is 34.2. The molecular weight excluding hydrogens is 760 g/mol. The molecule has 11 aromatic rings. The van der Waals surface area contributed by atoms with Gasteiger partial charge < -0.3 is 13.8 Å². The van der Waals surface area contributed by atoms with E-state index in [9.17, 15) is 0 Å². The second-order valence-electron chi connectivity index (χ2n) is 19.3. The molecule has 0 bridgehead atoms. The standard InChI is InChI=1S/C56H41BN2OS/c1-30-23-40-37-24-36-33-13-7-10-16-42(33)56(5,6)43(36)27-46(37)59(32-21-19-31(20-22-32)55(2,3)4)57-44-26-39-35-15-9-12-18-50(35)61-51(39)29-47(44)58-45-28-49-38(34-14-8-11-17-48(34)60-49)25-41(45)52(30)54(58)53(40)57/h7-29H,1-6H3. The number of rotatable bonds is 1. The van der Waals surface area contributed by atoms with E-state index in [1.807, 2.05) is 11.3 Å². The molecule has 1 aliphatic carbocycles. The van der Waals surface area contributed by atoms with E-state index in [2.05, 4.69) is 190 Å². The zero-order valence-electron chi connectivity index (χ0n) is 35.1. The normalized spacial score (nSPS) is 14.8. The molecule has 5 heterocycles. The number of aromatic nitrogens is 1. The number of para-hydroxylation sites is 1. The van der Waals surface area contributed by atoms with Gasteiger partial charge in [-0.3, -0.25) is 0 Å². The molecule has 0 radical (unpaired) electrons. The Morgan fingerprint density at radius 3 is 2.20 bits per heavy atom. The molecule has 3 aromatic heterocycles. The summed E-state index contributed by atoms with van der Waals surface area (Å²) >= 11 is 1.90. The van der Waals surface area contributed by atoms with Crippen LogP contribution in [0.5, 0.6) is 0 Å². The van der Waals surface area contributed by atoms with E-state index >= 15 is 0 Å². The van der Waals surface area contributed by atoms with Crippen molar-refractivity contribution < 1.29 is 4.42 Å². The van der Waals surface area contributed by atoms with Crippen molar-refractivity contribution in [1.82, 2.24) is 4.57 Å². The maximum atomic E-state index is 6.63. The molecule has 14 rings (SSSR count). The number of hydrogen-bond donors (Lipinski definition) is 0. The fourth-order valence-electron chi connectivity index (χ4n) is 11.7. The van der Waals surface area contributed by atoms with Gasteiger partial charge in [-0.2, -0.15) is 0 Å². The van der Waals surface area contributed by atoms with Crippen molar-refractivity contribution in [2.75, 3.05) is 4.81 Å². The van der Waals surface area contributed by atoms with Crippen LogP contribution in [0.3, 0.4) is 0 Å². The highest BCUT2D eigenvalue weighted by Gasteiger charge is 2.46. The van der Waals surface area contributed by atoms with Crippen molar-refractivity contribution in [2.45, 2.75) is 52.4 Å². The zero-order valence-corrected chi connectivity index (χ0v) is 35.9. The van der Waals surface area contributed by atoms with Crippen LogP contribution in [0.15, 0.2) is 144 Å². The van der Waals surface area contributed by atoms with Gasteiger partial charge in [-0.05, 0) is 111 Å². The maximum absolute atomic E-state index is 6.63. The molecule has 2 aliphatic heterocycles. The van der Waals surface area contributed by atoms with Crippen LogP contribution >= 0.6 is 11.3 Å². The lowest BCUT2D eigenvalue weighted by atomic mass is 9.43. The number of fused-ring (bicyclic) bond motifs is 17. The summed E-state index contributed by atoms with van der Waals surface area (Å²) in [6.07, 6.45) is 0. The van der Waals surface area contributed by atoms with Crippen molar-refractivity contribution in [2.24, 2.45) is 0 Å². The van der Waals surface area contributed by atoms with Gasteiger partial charge >= 0.3 is 6.85 Å². The van der Waals surface area contributed by atoms with Gasteiger partial charge in [0.1, 0.15) is 11.2 Å². The fourth-order valence-corrected chi connectivity index (χ4v) is 12.8. The van der Waals surface area contributed by atoms with Crippen LogP contribution in [0.1, 0.15) is 56.9 Å². The van der Waals surface area contributed by atoms with Gasteiger partial charge in [0.15, 0.2) is 0 Å². The van der Waals surface area contributed by atoms with Gasteiger partial charge in [-0.25, -0.2) is 0 Å². The molecule has 0 fully saturated rings. The number of furan rings is 1. The second-order valence-corrected chi connectivity index (χ2v) is 20.4. The Morgan fingerprint density at radius 2 is 1.36 bits per heavy atom. The Bertz CT molecular complexity index is 3800. The minimum atomic E-state index is -0.136. The SMILES string of the molecule is Cc1cc2c3c4c1c1cc5c(cc1n4-c1cc4sc6ccccc6c4cc1B3N(c1ccc(C(C)(C)C)cc1)c1cc3c(cc1-2)-c1ccccc1C3(C)C)oc1ccccc15. The minimum absolute atomic E-state index is 0.0414. The Labute approximate surface area is 358 Å². The summed E-state index contributed by atoms with van der Waals surface area (Å²) in [4.78, 5) is 2.71. The fraction of sp³-hybridized carbons (Fsp3) is 0.143. The largest absolute Gasteiger partial charge is 0.456 e. The Balaban J connectivity index is 1.18. The molecule has 0 saturated carbocycles. The Morgan fingerprint density at radius 1 is 0.590 bits per heavy atom. The number of benzene rings is 8. The topological polar surface area (TPSA) is 21.3 Å². The summed E-state index contributed by atoms with van der Waals surface area (Å²) in [5.41, 5.74) is 21.4. The van der Waals surface area contributed by atoms with E-state index in [1.54, 1.807) is 0 Å². The van der Waals surface area contributed by atoms with E-state index in [4.69, 9.17) is 4.42 Å². The van der Waals surface area contributed by atoms with E-state index in [0.29, 0.717) is 0 Å². The summed E-state index contributed by atoms with van der Waals surface area (Å²) in [5.74, 6) is 0. The van der Waals surface area contributed by atoms with Gasteiger partial charge in [0, 0.05) is 75.8 Å². The van der Waals surface area contributed by atoms with Gasteiger partial charge in [0.05, 0.1) is 11.0 Å². The second kappa shape index (κ2) is 11.2. The minimum Gasteiger partial charge on any atom is -0.456 e. The van der Waals surface area contributed by atoms with Crippen LogP contribution in [0.2, 0.25) is 0 Å². The number of hydrogen-bond acceptors (Lipinski definition) is 3. The smallest absolute Gasteiger partial charge is 0.333 e. The van der Waals surface area contributed by atoms with Gasteiger partial charge in [-0.1, -0.05) is 120 Å². The number of thiophene rings is 1. The number of anilines is 2. The van der Waals surface area contributed by atoms with E-state index in [-0.39, 0.29) is 17.7 Å². The number of aryl methyl sites for hydroxylation is 1. The Hall–Kier alpha value is -6.56. The first-order valence-electron chi connectivity index (χ1n) is 21.6. The van der Waals surface area contributed by atoms with Crippen molar-refractivity contribution in [3.63, 3.8) is 0 Å². The van der Waals surface area contributed by atoms with E-state index < -0.39 is 0 Å². The van der Waals surface area contributed by atoms with Gasteiger partial charge in [0.2, 0.25) is 0 Å². The predicted octanol–water partition coefficient (Wildman–Crippen LogP) is 14.2. The molecule has 0 atom stereocenters. The molecule has 5 heteroatoms. The highest BCUT2D eigenvalue weighted by Crippen LogP contribution is 2.55. The highest BCUT2D eigenvalue weighted by atomic mass is 32.1.